The summed E-state index contributed by atoms with van der Waals surface area (Å²) in [6.07, 6.45) is 1.42. The normalized spacial score (nSPS) is 12.2. The van der Waals surface area contributed by atoms with Gasteiger partial charge in [-0.25, -0.2) is 14.6 Å². The molecule has 0 aliphatic rings. The van der Waals surface area contributed by atoms with Crippen molar-refractivity contribution < 1.29 is 4.79 Å². The molecule has 1 aromatic carbocycles. The van der Waals surface area contributed by atoms with E-state index in [-0.39, 0.29) is 5.54 Å². The van der Waals surface area contributed by atoms with Crippen LogP contribution in [0.1, 0.15) is 31.1 Å². The minimum absolute atomic E-state index is 0.326. The molecule has 0 spiro atoms. The van der Waals surface area contributed by atoms with Gasteiger partial charge >= 0.3 is 0 Å². The number of carbonyl (C=O) groups excluding carboxylic acids is 1. The molecule has 0 aliphatic carbocycles. The largest absolute Gasteiger partial charge is 0.383 e. The summed E-state index contributed by atoms with van der Waals surface area (Å²) in [5.74, 6) is -0.171. The van der Waals surface area contributed by atoms with Crippen LogP contribution in [0.15, 0.2) is 24.5 Å². The van der Waals surface area contributed by atoms with Crippen molar-refractivity contribution >= 4 is 45.3 Å². The van der Waals surface area contributed by atoms with Crippen molar-refractivity contribution in [2.45, 2.75) is 26.3 Å². The predicted molar refractivity (Wildman–Crippen MR) is 110 cm³/mol. The number of hydrogen-bond acceptors (Lipinski definition) is 5. The molecule has 3 aromatic heterocycles. The lowest BCUT2D eigenvalue weighted by molar-refractivity contribution is 0.100. The third-order valence-electron chi connectivity index (χ3n) is 4.78. The third-order valence-corrected chi connectivity index (χ3v) is 5.16. The van der Waals surface area contributed by atoms with E-state index in [9.17, 15) is 4.79 Å². The van der Waals surface area contributed by atoms with Gasteiger partial charge in [-0.1, -0.05) is 17.7 Å². The van der Waals surface area contributed by atoms with Crippen molar-refractivity contribution in [1.82, 2.24) is 24.3 Å². The Morgan fingerprint density at radius 2 is 1.93 bits per heavy atom. The van der Waals surface area contributed by atoms with Crippen LogP contribution in [0.4, 0.5) is 5.82 Å². The van der Waals surface area contributed by atoms with Gasteiger partial charge in [0.2, 0.25) is 5.91 Å². The van der Waals surface area contributed by atoms with Gasteiger partial charge in [0.25, 0.3) is 0 Å². The molecular weight excluding hydrogens is 378 g/mol. The quantitative estimate of drug-likeness (QED) is 0.538. The zero-order valence-electron chi connectivity index (χ0n) is 16.0. The smallest absolute Gasteiger partial charge is 0.248 e. The fraction of sp³-hybridized carbons (Fsp3) is 0.263. The number of benzene rings is 1. The summed E-state index contributed by atoms with van der Waals surface area (Å²) >= 11 is 6.74. The Hall–Kier alpha value is -3.13. The zero-order valence-corrected chi connectivity index (χ0v) is 16.7. The molecule has 0 aliphatic heterocycles. The van der Waals surface area contributed by atoms with Gasteiger partial charge in [-0.3, -0.25) is 4.79 Å². The number of nitrogen functional groups attached to an aromatic ring is 1. The maximum absolute atomic E-state index is 11.6. The average molecular weight is 398 g/mol. The van der Waals surface area contributed by atoms with E-state index in [1.807, 2.05) is 37.1 Å². The van der Waals surface area contributed by atoms with Gasteiger partial charge in [-0.2, -0.15) is 5.10 Å². The van der Waals surface area contributed by atoms with Gasteiger partial charge in [-0.05, 0) is 32.9 Å². The average Bonchev–Trinajstić information content (AvgIpc) is 3.12. The topological polar surface area (TPSA) is 118 Å². The van der Waals surface area contributed by atoms with Crippen LogP contribution >= 0.6 is 11.6 Å². The Morgan fingerprint density at radius 3 is 2.57 bits per heavy atom. The Labute approximate surface area is 166 Å². The van der Waals surface area contributed by atoms with Crippen LogP contribution < -0.4 is 11.5 Å². The van der Waals surface area contributed by atoms with E-state index < -0.39 is 5.91 Å². The molecule has 28 heavy (non-hydrogen) atoms. The Bertz CT molecular complexity index is 1260. The first-order valence-corrected chi connectivity index (χ1v) is 9.07. The fourth-order valence-electron chi connectivity index (χ4n) is 3.41. The SMILES string of the molecule is Cn1c(-c2nn(C(C)(C)C)c3ncnc(N)c23)c(Cl)c2ccc(C(N)=O)cc21. The van der Waals surface area contributed by atoms with E-state index in [0.717, 1.165) is 10.9 Å². The number of aromatic nitrogens is 5. The van der Waals surface area contributed by atoms with Crippen molar-refractivity contribution in [3.8, 4) is 11.4 Å². The highest BCUT2D eigenvalue weighted by Crippen LogP contribution is 2.41. The molecule has 144 valence electrons. The number of carbonyl (C=O) groups is 1. The van der Waals surface area contributed by atoms with Crippen molar-refractivity contribution in [2.24, 2.45) is 12.8 Å². The van der Waals surface area contributed by atoms with Gasteiger partial charge in [-0.15, -0.1) is 0 Å². The van der Waals surface area contributed by atoms with Gasteiger partial charge < -0.3 is 16.0 Å². The molecule has 9 heteroatoms. The lowest BCUT2D eigenvalue weighted by Crippen LogP contribution is -2.23. The van der Waals surface area contributed by atoms with Crippen molar-refractivity contribution in [2.75, 3.05) is 5.73 Å². The Balaban J connectivity index is 2.12. The summed E-state index contributed by atoms with van der Waals surface area (Å²) in [4.78, 5) is 20.1. The van der Waals surface area contributed by atoms with Gasteiger partial charge in [0.1, 0.15) is 17.8 Å². The number of anilines is 1. The first-order valence-electron chi connectivity index (χ1n) is 8.69. The minimum Gasteiger partial charge on any atom is -0.383 e. The van der Waals surface area contributed by atoms with Gasteiger partial charge in [0.15, 0.2) is 5.65 Å². The van der Waals surface area contributed by atoms with E-state index in [2.05, 4.69) is 9.97 Å². The lowest BCUT2D eigenvalue weighted by atomic mass is 10.1. The summed E-state index contributed by atoms with van der Waals surface area (Å²) in [6, 6.07) is 5.16. The van der Waals surface area contributed by atoms with Crippen LogP contribution in [-0.2, 0) is 12.6 Å². The van der Waals surface area contributed by atoms with Crippen LogP contribution in [0.25, 0.3) is 33.3 Å². The van der Waals surface area contributed by atoms with Crippen LogP contribution in [0.2, 0.25) is 5.02 Å². The van der Waals surface area contributed by atoms with Crippen LogP contribution in [-0.4, -0.2) is 30.2 Å². The Morgan fingerprint density at radius 1 is 1.21 bits per heavy atom. The summed E-state index contributed by atoms with van der Waals surface area (Å²) < 4.78 is 3.70. The van der Waals surface area contributed by atoms with E-state index >= 15 is 0 Å². The number of rotatable bonds is 2. The highest BCUT2D eigenvalue weighted by atomic mass is 35.5. The molecule has 3 heterocycles. The number of primary amides is 1. The van der Waals surface area contributed by atoms with E-state index in [1.54, 1.807) is 18.2 Å². The highest BCUT2D eigenvalue weighted by molar-refractivity contribution is 6.39. The molecule has 0 saturated heterocycles. The summed E-state index contributed by atoms with van der Waals surface area (Å²) in [5, 5.41) is 6.74. The number of amides is 1. The molecule has 4 rings (SSSR count). The number of nitrogens with two attached hydrogens (primary N) is 2. The minimum atomic E-state index is -0.499. The second-order valence-electron chi connectivity index (χ2n) is 7.71. The van der Waals surface area contributed by atoms with Crippen LogP contribution in [0, 0.1) is 0 Å². The van der Waals surface area contributed by atoms with Crippen LogP contribution in [0.3, 0.4) is 0 Å². The standard InChI is InChI=1S/C19H20ClN7O/c1-19(2,3)27-18-12(16(21)23-8-24-18)14(25-27)15-13(20)10-6-5-9(17(22)28)7-11(10)26(15)4/h5-8H,1-4H3,(H2,22,28)(H2,21,23,24). The Kier molecular flexibility index (Phi) is 3.87. The molecule has 0 unspecified atom stereocenters. The maximum atomic E-state index is 11.6. The lowest BCUT2D eigenvalue weighted by Gasteiger charge is -2.19. The fourth-order valence-corrected chi connectivity index (χ4v) is 3.79. The molecule has 4 N–H and O–H groups in total. The summed E-state index contributed by atoms with van der Waals surface area (Å²) in [5.41, 5.74) is 14.4. The second kappa shape index (κ2) is 5.93. The van der Waals surface area contributed by atoms with Crippen molar-refractivity contribution in [1.29, 1.82) is 0 Å². The monoisotopic (exact) mass is 397 g/mol. The molecule has 0 fully saturated rings. The molecule has 0 radical (unpaired) electrons. The summed E-state index contributed by atoms with van der Waals surface area (Å²) in [7, 11) is 1.86. The molecular formula is C19H20ClN7O. The first-order chi connectivity index (χ1) is 13.1. The number of fused-ring (bicyclic) bond motifs is 2. The second-order valence-corrected chi connectivity index (χ2v) is 8.08. The number of aryl methyl sites for hydroxylation is 1. The van der Waals surface area contributed by atoms with Crippen LogP contribution in [0.5, 0.6) is 0 Å². The molecule has 0 atom stereocenters. The number of halogens is 1. The number of nitrogens with zero attached hydrogens (tertiary/aromatic N) is 5. The molecule has 8 nitrogen and oxygen atoms in total. The van der Waals surface area contributed by atoms with E-state index in [4.69, 9.17) is 28.2 Å². The van der Waals surface area contributed by atoms with E-state index in [0.29, 0.717) is 38.8 Å². The number of hydrogen-bond donors (Lipinski definition) is 2. The first kappa shape index (κ1) is 18.2. The zero-order chi connectivity index (χ0) is 20.4. The maximum Gasteiger partial charge on any atom is 0.248 e. The molecule has 4 aromatic rings. The highest BCUT2D eigenvalue weighted by Gasteiger charge is 2.27. The predicted octanol–water partition coefficient (Wildman–Crippen LogP) is 3.07. The van der Waals surface area contributed by atoms with E-state index in [1.165, 1.54) is 6.33 Å². The van der Waals surface area contributed by atoms with Crippen molar-refractivity contribution in [3.63, 3.8) is 0 Å². The molecule has 1 amide bonds. The molecule has 0 saturated carbocycles. The molecule has 0 bridgehead atoms. The van der Waals surface area contributed by atoms with Gasteiger partial charge in [0.05, 0.1) is 27.2 Å². The summed E-state index contributed by atoms with van der Waals surface area (Å²) in [6.45, 7) is 6.09. The van der Waals surface area contributed by atoms with Crippen molar-refractivity contribution in [3.05, 3.63) is 35.1 Å². The van der Waals surface area contributed by atoms with Gasteiger partial charge in [0, 0.05) is 18.0 Å². The third kappa shape index (κ3) is 2.52.